The third kappa shape index (κ3) is 6.27. The van der Waals surface area contributed by atoms with E-state index in [1.165, 1.54) is 5.75 Å². The van der Waals surface area contributed by atoms with Gasteiger partial charge in [0, 0.05) is 0 Å². The Morgan fingerprint density at radius 1 is 1.62 bits per heavy atom. The van der Waals surface area contributed by atoms with Gasteiger partial charge in [-0.1, -0.05) is 0 Å². The van der Waals surface area contributed by atoms with Gasteiger partial charge in [-0.2, -0.15) is 11.8 Å². The second kappa shape index (κ2) is 7.27. The molecule has 0 bridgehead atoms. The van der Waals surface area contributed by atoms with E-state index in [9.17, 15) is 0 Å². The summed E-state index contributed by atoms with van der Waals surface area (Å²) >= 11 is 1.83. The van der Waals surface area contributed by atoms with Crippen LogP contribution in [-0.2, 0) is 0 Å². The van der Waals surface area contributed by atoms with Crippen LogP contribution in [0.15, 0.2) is 0 Å². The topological polar surface area (TPSA) is 32.3 Å². The minimum Gasteiger partial charge on any atom is -0.381 e. The van der Waals surface area contributed by atoms with Gasteiger partial charge in [-0.05, 0) is 25.0 Å². The highest BCUT2D eigenvalue weighted by Gasteiger charge is 1.82. The molecule has 0 saturated carbocycles. The third-order valence-corrected chi connectivity index (χ3v) is 1.51. The first-order valence-electron chi connectivity index (χ1n) is 2.72. The Balaban J connectivity index is 2.53. The zero-order chi connectivity index (χ0) is 6.24. The van der Waals surface area contributed by atoms with Crippen molar-refractivity contribution in [2.75, 3.05) is 25.3 Å². The van der Waals surface area contributed by atoms with E-state index < -0.39 is 0 Å². The van der Waals surface area contributed by atoms with Crippen molar-refractivity contribution in [3.63, 3.8) is 0 Å². The maximum absolute atomic E-state index is 8.25. The Labute approximate surface area is 54.7 Å². The quantitative estimate of drug-likeness (QED) is 0.419. The van der Waals surface area contributed by atoms with Crippen LogP contribution in [0.1, 0.15) is 6.42 Å². The standard InChI is InChI=1S/C5H13NOS/c1-8-4-2-3-6-5-7/h6-7H,2-5H2,1H3. The maximum Gasteiger partial charge on any atom is 0.0931 e. The largest absolute Gasteiger partial charge is 0.381 e. The van der Waals surface area contributed by atoms with Crippen molar-refractivity contribution >= 4 is 11.8 Å². The molecule has 0 saturated heterocycles. The van der Waals surface area contributed by atoms with Gasteiger partial charge in [0.1, 0.15) is 0 Å². The van der Waals surface area contributed by atoms with Crippen molar-refractivity contribution in [3.8, 4) is 0 Å². The van der Waals surface area contributed by atoms with Gasteiger partial charge in [0.25, 0.3) is 0 Å². The summed E-state index contributed by atoms with van der Waals surface area (Å²) in [7, 11) is 0. The predicted octanol–water partition coefficient (Wildman–Crippen LogP) is 0.279. The fourth-order valence-electron chi connectivity index (χ4n) is 0.421. The van der Waals surface area contributed by atoms with Gasteiger partial charge in [-0.3, -0.25) is 5.32 Å². The van der Waals surface area contributed by atoms with Gasteiger partial charge in [-0.15, -0.1) is 0 Å². The summed E-state index contributed by atoms with van der Waals surface area (Å²) in [4.78, 5) is 0. The zero-order valence-corrected chi connectivity index (χ0v) is 6.00. The Hall–Kier alpha value is 0.270. The molecule has 2 N–H and O–H groups in total. The molecule has 0 fully saturated rings. The highest BCUT2D eigenvalue weighted by atomic mass is 32.2. The predicted molar refractivity (Wildman–Crippen MR) is 38.1 cm³/mol. The van der Waals surface area contributed by atoms with Crippen LogP contribution >= 0.6 is 11.8 Å². The van der Waals surface area contributed by atoms with E-state index in [4.69, 9.17) is 5.11 Å². The lowest BCUT2D eigenvalue weighted by molar-refractivity contribution is 0.261. The second-order valence-electron chi connectivity index (χ2n) is 1.50. The molecule has 0 heterocycles. The van der Waals surface area contributed by atoms with E-state index in [1.54, 1.807) is 0 Å². The van der Waals surface area contributed by atoms with Gasteiger partial charge >= 0.3 is 0 Å². The Morgan fingerprint density at radius 3 is 2.88 bits per heavy atom. The van der Waals surface area contributed by atoms with Gasteiger partial charge in [0.05, 0.1) is 6.73 Å². The number of thioether (sulfide) groups is 1. The second-order valence-corrected chi connectivity index (χ2v) is 2.49. The molecule has 0 aromatic rings. The fourth-order valence-corrected chi connectivity index (χ4v) is 0.854. The molecule has 0 aliphatic heterocycles. The van der Waals surface area contributed by atoms with Crippen LogP contribution in [0.2, 0.25) is 0 Å². The van der Waals surface area contributed by atoms with Crippen molar-refractivity contribution in [2.24, 2.45) is 0 Å². The van der Waals surface area contributed by atoms with E-state index in [2.05, 4.69) is 11.6 Å². The molecule has 0 spiro atoms. The Kier molecular flexibility index (Phi) is 7.52. The van der Waals surface area contributed by atoms with Gasteiger partial charge in [0.15, 0.2) is 0 Å². The average molecular weight is 135 g/mol. The van der Waals surface area contributed by atoms with E-state index in [0.717, 1.165) is 13.0 Å². The summed E-state index contributed by atoms with van der Waals surface area (Å²) in [5, 5.41) is 11.1. The first-order chi connectivity index (χ1) is 3.91. The van der Waals surface area contributed by atoms with Crippen LogP contribution in [0.4, 0.5) is 0 Å². The third-order valence-electron chi connectivity index (χ3n) is 0.814. The normalized spacial score (nSPS) is 9.75. The van der Waals surface area contributed by atoms with Crippen molar-refractivity contribution in [2.45, 2.75) is 6.42 Å². The lowest BCUT2D eigenvalue weighted by Crippen LogP contribution is -2.16. The van der Waals surface area contributed by atoms with E-state index in [0.29, 0.717) is 0 Å². The number of nitrogens with one attached hydrogen (secondary N) is 1. The van der Waals surface area contributed by atoms with Gasteiger partial charge in [0.2, 0.25) is 0 Å². The highest BCUT2D eigenvalue weighted by Crippen LogP contribution is 1.92. The summed E-state index contributed by atoms with van der Waals surface area (Å²) in [6, 6.07) is 0. The smallest absolute Gasteiger partial charge is 0.0931 e. The average Bonchev–Trinajstić information content (AvgIpc) is 1.81. The monoisotopic (exact) mass is 135 g/mol. The molecule has 0 aromatic heterocycles. The van der Waals surface area contributed by atoms with Crippen LogP contribution in [0.3, 0.4) is 0 Å². The SMILES string of the molecule is CSCCCNCO. The summed E-state index contributed by atoms with van der Waals surface area (Å²) < 4.78 is 0. The molecule has 8 heavy (non-hydrogen) atoms. The van der Waals surface area contributed by atoms with Crippen LogP contribution in [0.5, 0.6) is 0 Å². The molecule has 50 valence electrons. The van der Waals surface area contributed by atoms with Crippen LogP contribution < -0.4 is 5.32 Å². The molecule has 0 unspecified atom stereocenters. The molecule has 0 aliphatic rings. The minimum absolute atomic E-state index is 0.106. The number of hydrogen-bond donors (Lipinski definition) is 2. The van der Waals surface area contributed by atoms with Gasteiger partial charge < -0.3 is 5.11 Å². The lowest BCUT2D eigenvalue weighted by Gasteiger charge is -1.96. The van der Waals surface area contributed by atoms with Crippen LogP contribution in [0.25, 0.3) is 0 Å². The Bertz CT molecular complexity index is 37.4. The molecule has 0 rings (SSSR count). The van der Waals surface area contributed by atoms with Crippen LogP contribution in [0, 0.1) is 0 Å². The first kappa shape index (κ1) is 8.27. The number of rotatable bonds is 5. The summed E-state index contributed by atoms with van der Waals surface area (Å²) in [5.41, 5.74) is 0. The number of hydrogen-bond acceptors (Lipinski definition) is 3. The Morgan fingerprint density at radius 2 is 2.38 bits per heavy atom. The van der Waals surface area contributed by atoms with Crippen molar-refractivity contribution in [1.82, 2.24) is 5.32 Å². The molecular weight excluding hydrogens is 122 g/mol. The highest BCUT2D eigenvalue weighted by molar-refractivity contribution is 7.98. The number of aliphatic hydroxyl groups excluding tert-OH is 1. The van der Waals surface area contributed by atoms with Crippen LogP contribution in [-0.4, -0.2) is 30.4 Å². The minimum atomic E-state index is 0.106. The summed E-state index contributed by atoms with van der Waals surface area (Å²) in [6.07, 6.45) is 3.22. The van der Waals surface area contributed by atoms with E-state index >= 15 is 0 Å². The molecular formula is C5H13NOS. The lowest BCUT2D eigenvalue weighted by atomic mass is 10.5. The molecule has 3 heteroatoms. The molecule has 0 amide bonds. The van der Waals surface area contributed by atoms with E-state index in [-0.39, 0.29) is 6.73 Å². The molecule has 0 aromatic carbocycles. The number of aliphatic hydroxyl groups is 1. The summed E-state index contributed by atoms with van der Waals surface area (Å²) in [5.74, 6) is 1.17. The maximum atomic E-state index is 8.25. The summed E-state index contributed by atoms with van der Waals surface area (Å²) in [6.45, 7) is 1.03. The fraction of sp³-hybridized carbons (Fsp3) is 1.00. The van der Waals surface area contributed by atoms with Crippen molar-refractivity contribution in [3.05, 3.63) is 0 Å². The van der Waals surface area contributed by atoms with Gasteiger partial charge in [-0.25, -0.2) is 0 Å². The van der Waals surface area contributed by atoms with E-state index in [1.807, 2.05) is 11.8 Å². The molecule has 0 radical (unpaired) electrons. The van der Waals surface area contributed by atoms with Crippen molar-refractivity contribution < 1.29 is 5.11 Å². The molecule has 2 nitrogen and oxygen atoms in total. The zero-order valence-electron chi connectivity index (χ0n) is 5.18. The molecule has 0 atom stereocenters. The van der Waals surface area contributed by atoms with Crippen molar-refractivity contribution in [1.29, 1.82) is 0 Å². The molecule has 0 aliphatic carbocycles. The first-order valence-corrected chi connectivity index (χ1v) is 4.11.